The van der Waals surface area contributed by atoms with Crippen LogP contribution in [0.4, 0.5) is 5.82 Å². The van der Waals surface area contributed by atoms with E-state index in [1.54, 1.807) is 48.4 Å². The molecule has 0 fully saturated rings. The second-order valence-corrected chi connectivity index (χ2v) is 6.85. The zero-order valence-electron chi connectivity index (χ0n) is 15.4. The van der Waals surface area contributed by atoms with Crippen LogP contribution in [0.1, 0.15) is 5.56 Å². The van der Waals surface area contributed by atoms with Crippen molar-refractivity contribution in [2.75, 3.05) is 19.5 Å². The van der Waals surface area contributed by atoms with Crippen molar-refractivity contribution in [2.45, 2.75) is 6.42 Å². The zero-order valence-corrected chi connectivity index (χ0v) is 16.2. The van der Waals surface area contributed by atoms with Crippen molar-refractivity contribution in [1.82, 2.24) is 14.4 Å². The summed E-state index contributed by atoms with van der Waals surface area (Å²) in [7, 11) is 3.21. The fraction of sp³-hybridized carbons (Fsp3) is 0.150. The normalized spacial score (nSPS) is 10.8. The molecule has 142 valence electrons. The van der Waals surface area contributed by atoms with Crippen LogP contribution in [-0.2, 0) is 11.2 Å². The summed E-state index contributed by atoms with van der Waals surface area (Å²) in [5.74, 6) is 1.84. The first-order valence-corrected chi connectivity index (χ1v) is 9.48. The van der Waals surface area contributed by atoms with Gasteiger partial charge in [-0.2, -0.15) is 11.3 Å². The molecule has 1 amide bonds. The van der Waals surface area contributed by atoms with E-state index in [4.69, 9.17) is 9.47 Å². The fourth-order valence-electron chi connectivity index (χ4n) is 2.90. The number of nitrogens with zero attached hydrogens (tertiary/aromatic N) is 3. The van der Waals surface area contributed by atoms with Crippen LogP contribution in [0.5, 0.6) is 11.5 Å². The molecule has 0 saturated heterocycles. The Morgan fingerprint density at radius 1 is 1.18 bits per heavy atom. The van der Waals surface area contributed by atoms with Crippen LogP contribution in [0.15, 0.2) is 53.6 Å². The quantitative estimate of drug-likeness (QED) is 0.540. The van der Waals surface area contributed by atoms with Crippen LogP contribution in [0.25, 0.3) is 16.9 Å². The van der Waals surface area contributed by atoms with Gasteiger partial charge in [0.1, 0.15) is 17.3 Å². The van der Waals surface area contributed by atoms with Crippen LogP contribution in [-0.4, -0.2) is 34.5 Å². The van der Waals surface area contributed by atoms with Crippen LogP contribution in [0, 0.1) is 0 Å². The summed E-state index contributed by atoms with van der Waals surface area (Å²) in [6.07, 6.45) is 5.43. The maximum absolute atomic E-state index is 12.4. The monoisotopic (exact) mass is 394 g/mol. The molecule has 28 heavy (non-hydrogen) atoms. The molecule has 0 aliphatic rings. The van der Waals surface area contributed by atoms with Crippen molar-refractivity contribution in [3.8, 4) is 22.8 Å². The zero-order chi connectivity index (χ0) is 19.5. The SMILES string of the molecule is COc1ccc(-c2cn3c(NC(=O)Cc4ccsc4)cnc3cn2)c(OC)c1. The van der Waals surface area contributed by atoms with E-state index in [1.807, 2.05) is 35.2 Å². The number of benzene rings is 1. The van der Waals surface area contributed by atoms with Crippen LogP contribution in [0.3, 0.4) is 0 Å². The summed E-state index contributed by atoms with van der Waals surface area (Å²) in [6, 6.07) is 7.48. The lowest BCUT2D eigenvalue weighted by atomic mass is 10.1. The number of ether oxygens (including phenoxy) is 2. The summed E-state index contributed by atoms with van der Waals surface area (Å²) in [6.45, 7) is 0. The minimum absolute atomic E-state index is 0.0967. The first-order valence-electron chi connectivity index (χ1n) is 8.54. The molecular formula is C20H18N4O3S. The van der Waals surface area contributed by atoms with Crippen molar-refractivity contribution in [2.24, 2.45) is 0 Å². The van der Waals surface area contributed by atoms with Gasteiger partial charge in [0.05, 0.1) is 38.7 Å². The van der Waals surface area contributed by atoms with E-state index in [-0.39, 0.29) is 5.91 Å². The lowest BCUT2D eigenvalue weighted by Gasteiger charge is -2.11. The Bertz CT molecular complexity index is 1120. The van der Waals surface area contributed by atoms with E-state index in [2.05, 4.69) is 15.3 Å². The summed E-state index contributed by atoms with van der Waals surface area (Å²) < 4.78 is 12.5. The number of hydrogen-bond donors (Lipinski definition) is 1. The summed E-state index contributed by atoms with van der Waals surface area (Å²) in [4.78, 5) is 21.1. The minimum atomic E-state index is -0.0967. The first kappa shape index (κ1) is 18.0. The number of anilines is 1. The number of methoxy groups -OCH3 is 2. The fourth-order valence-corrected chi connectivity index (χ4v) is 3.57. The lowest BCUT2D eigenvalue weighted by Crippen LogP contribution is -2.15. The van der Waals surface area contributed by atoms with Crippen LogP contribution < -0.4 is 14.8 Å². The predicted molar refractivity (Wildman–Crippen MR) is 108 cm³/mol. The molecule has 1 N–H and O–H groups in total. The Hall–Kier alpha value is -3.39. The highest BCUT2D eigenvalue weighted by molar-refractivity contribution is 7.08. The highest BCUT2D eigenvalue weighted by atomic mass is 32.1. The number of thiophene rings is 1. The topological polar surface area (TPSA) is 77.8 Å². The number of aromatic nitrogens is 3. The van der Waals surface area contributed by atoms with Gasteiger partial charge in [0.2, 0.25) is 5.91 Å². The van der Waals surface area contributed by atoms with Gasteiger partial charge in [-0.25, -0.2) is 4.98 Å². The number of imidazole rings is 1. The summed E-state index contributed by atoms with van der Waals surface area (Å²) in [5, 5.41) is 6.84. The van der Waals surface area contributed by atoms with Crippen molar-refractivity contribution >= 4 is 28.7 Å². The van der Waals surface area contributed by atoms with Gasteiger partial charge in [-0.1, -0.05) is 0 Å². The predicted octanol–water partition coefficient (Wildman–Crippen LogP) is 3.66. The van der Waals surface area contributed by atoms with E-state index in [0.717, 1.165) is 11.1 Å². The van der Waals surface area contributed by atoms with Crippen LogP contribution in [0.2, 0.25) is 0 Å². The van der Waals surface area contributed by atoms with Gasteiger partial charge in [-0.15, -0.1) is 0 Å². The molecule has 0 atom stereocenters. The number of nitrogens with one attached hydrogen (secondary N) is 1. The Morgan fingerprint density at radius 3 is 2.82 bits per heavy atom. The van der Waals surface area contributed by atoms with Gasteiger partial charge in [0.25, 0.3) is 0 Å². The van der Waals surface area contributed by atoms with E-state index in [9.17, 15) is 4.79 Å². The molecule has 4 aromatic rings. The number of rotatable bonds is 6. The van der Waals surface area contributed by atoms with E-state index in [0.29, 0.717) is 35.1 Å². The van der Waals surface area contributed by atoms with Crippen molar-refractivity contribution in [1.29, 1.82) is 0 Å². The molecule has 0 bridgehead atoms. The minimum Gasteiger partial charge on any atom is -0.497 e. The van der Waals surface area contributed by atoms with Gasteiger partial charge in [0, 0.05) is 17.8 Å². The van der Waals surface area contributed by atoms with Crippen molar-refractivity contribution < 1.29 is 14.3 Å². The van der Waals surface area contributed by atoms with Crippen LogP contribution >= 0.6 is 11.3 Å². The maximum Gasteiger partial charge on any atom is 0.229 e. The van der Waals surface area contributed by atoms with Gasteiger partial charge in [0.15, 0.2) is 5.65 Å². The summed E-state index contributed by atoms with van der Waals surface area (Å²) >= 11 is 1.57. The molecular weight excluding hydrogens is 376 g/mol. The molecule has 4 rings (SSSR count). The number of carbonyl (C=O) groups is 1. The molecule has 3 heterocycles. The first-order chi connectivity index (χ1) is 13.7. The number of fused-ring (bicyclic) bond motifs is 1. The molecule has 7 nitrogen and oxygen atoms in total. The Labute approximate surface area is 165 Å². The molecule has 0 saturated carbocycles. The molecule has 0 aliphatic carbocycles. The molecule has 0 radical (unpaired) electrons. The third-order valence-electron chi connectivity index (χ3n) is 4.29. The standard InChI is InChI=1S/C20H18N4O3S/c1-26-14-3-4-15(17(8-14)27-2)16-11-24-18(9-21-16)22-10-19(24)23-20(25)7-13-5-6-28-12-13/h3-6,8-12H,7H2,1-2H3,(H,23,25). The number of carbonyl (C=O) groups excluding carboxylic acids is 1. The summed E-state index contributed by atoms with van der Waals surface area (Å²) in [5.41, 5.74) is 3.14. The second kappa shape index (κ2) is 7.69. The van der Waals surface area contributed by atoms with E-state index < -0.39 is 0 Å². The molecule has 8 heteroatoms. The molecule has 0 aliphatic heterocycles. The van der Waals surface area contributed by atoms with E-state index >= 15 is 0 Å². The highest BCUT2D eigenvalue weighted by Crippen LogP contribution is 2.32. The largest absolute Gasteiger partial charge is 0.497 e. The van der Waals surface area contributed by atoms with Gasteiger partial charge >= 0.3 is 0 Å². The average molecular weight is 394 g/mol. The van der Waals surface area contributed by atoms with Gasteiger partial charge in [-0.05, 0) is 34.5 Å². The molecule has 0 unspecified atom stereocenters. The Kier molecular flexibility index (Phi) is 4.94. The average Bonchev–Trinajstić information content (AvgIpc) is 3.37. The van der Waals surface area contributed by atoms with Gasteiger partial charge < -0.3 is 14.8 Å². The number of hydrogen-bond acceptors (Lipinski definition) is 6. The third-order valence-corrected chi connectivity index (χ3v) is 5.02. The third kappa shape index (κ3) is 3.54. The maximum atomic E-state index is 12.4. The lowest BCUT2D eigenvalue weighted by molar-refractivity contribution is -0.115. The molecule has 3 aromatic heterocycles. The van der Waals surface area contributed by atoms with Gasteiger partial charge in [-0.3, -0.25) is 14.2 Å². The van der Waals surface area contributed by atoms with E-state index in [1.165, 1.54) is 0 Å². The smallest absolute Gasteiger partial charge is 0.229 e. The number of amides is 1. The van der Waals surface area contributed by atoms with Crippen molar-refractivity contribution in [3.05, 3.63) is 59.2 Å². The molecule has 0 spiro atoms. The second-order valence-electron chi connectivity index (χ2n) is 6.07. The Balaban J connectivity index is 1.66. The Morgan fingerprint density at radius 2 is 2.07 bits per heavy atom. The highest BCUT2D eigenvalue weighted by Gasteiger charge is 2.13. The van der Waals surface area contributed by atoms with Crippen molar-refractivity contribution in [3.63, 3.8) is 0 Å². The molecule has 1 aromatic carbocycles.